The lowest BCUT2D eigenvalue weighted by molar-refractivity contribution is 0.551. The lowest BCUT2D eigenvalue weighted by Gasteiger charge is -2.31. The fraction of sp³-hybridized carbons (Fsp3) is 0.600. The van der Waals surface area contributed by atoms with Gasteiger partial charge in [0, 0.05) is 0 Å². The predicted molar refractivity (Wildman–Crippen MR) is 142 cm³/mol. The number of aryl methyl sites for hydroxylation is 2. The molecule has 0 saturated heterocycles. The van der Waals surface area contributed by atoms with Crippen molar-refractivity contribution in [3.63, 3.8) is 0 Å². The van der Waals surface area contributed by atoms with E-state index in [4.69, 9.17) is 0 Å². The Labute approximate surface area is 200 Å². The molecule has 0 aromatic heterocycles. The van der Waals surface area contributed by atoms with Crippen molar-refractivity contribution in [3.05, 3.63) is 57.6 Å². The molecule has 1 nitrogen and oxygen atoms in total. The first-order valence-corrected chi connectivity index (χ1v) is 13.0. The van der Waals surface area contributed by atoms with E-state index in [1.807, 2.05) is 0 Å². The van der Waals surface area contributed by atoms with Crippen LogP contribution in [0.2, 0.25) is 0 Å². The van der Waals surface area contributed by atoms with Gasteiger partial charge >= 0.3 is 0 Å². The van der Waals surface area contributed by atoms with Gasteiger partial charge in [0.15, 0.2) is 0 Å². The number of rotatable bonds is 2. The van der Waals surface area contributed by atoms with Gasteiger partial charge in [0.1, 0.15) is 0 Å². The minimum absolute atomic E-state index is 0.0472. The Morgan fingerprint density at radius 1 is 0.500 bits per heavy atom. The Kier molecular flexibility index (Phi) is 7.06. The molecule has 0 N–H and O–H groups in total. The van der Waals surface area contributed by atoms with Crippen LogP contribution in [-0.2, 0) is 32.5 Å². The van der Waals surface area contributed by atoms with Gasteiger partial charge in [-0.05, 0) is 68.9 Å². The van der Waals surface area contributed by atoms with Crippen LogP contribution in [0.5, 0.6) is 0 Å². The van der Waals surface area contributed by atoms with Gasteiger partial charge in [0.2, 0.25) is 0 Å². The molecular weight excluding hydrogens is 408 g/mol. The molecule has 0 aliphatic carbocycles. The second-order valence-electron chi connectivity index (χ2n) is 13.6. The van der Waals surface area contributed by atoms with Gasteiger partial charge in [0.05, 0.1) is 20.6 Å². The van der Waals surface area contributed by atoms with E-state index < -0.39 is 10.8 Å². The fourth-order valence-electron chi connectivity index (χ4n) is 4.12. The summed E-state index contributed by atoms with van der Waals surface area (Å²) in [4.78, 5) is 1.98. The maximum atomic E-state index is 14.5. The van der Waals surface area contributed by atoms with Gasteiger partial charge in [-0.15, -0.1) is 0 Å². The first-order chi connectivity index (χ1) is 14.2. The van der Waals surface area contributed by atoms with Gasteiger partial charge in [-0.25, -0.2) is 4.21 Å². The Balaban J connectivity index is 2.92. The third-order valence-electron chi connectivity index (χ3n) is 6.27. The van der Waals surface area contributed by atoms with E-state index in [-0.39, 0.29) is 21.7 Å². The molecule has 0 aliphatic rings. The highest BCUT2D eigenvalue weighted by molar-refractivity contribution is 7.85. The minimum Gasteiger partial charge on any atom is -0.249 e. The van der Waals surface area contributed by atoms with E-state index in [1.165, 1.54) is 22.3 Å². The summed E-state index contributed by atoms with van der Waals surface area (Å²) >= 11 is 0. The Bertz CT molecular complexity index is 945. The highest BCUT2D eigenvalue weighted by atomic mass is 32.2. The Morgan fingerprint density at radius 3 is 1.00 bits per heavy atom. The summed E-state index contributed by atoms with van der Waals surface area (Å²) in [6.45, 7) is 31.1. The van der Waals surface area contributed by atoms with Crippen LogP contribution in [0, 0.1) is 13.8 Å². The van der Waals surface area contributed by atoms with Crippen LogP contribution in [0.3, 0.4) is 0 Å². The third kappa shape index (κ3) is 5.56. The second-order valence-corrected chi connectivity index (χ2v) is 15.0. The molecule has 0 radical (unpaired) electrons. The maximum Gasteiger partial charge on any atom is 0.0861 e. The van der Waals surface area contributed by atoms with Crippen LogP contribution in [0.4, 0.5) is 0 Å². The fourth-order valence-corrected chi connectivity index (χ4v) is 6.16. The monoisotopic (exact) mass is 454 g/mol. The van der Waals surface area contributed by atoms with Crippen LogP contribution in [0.1, 0.15) is 116 Å². The number of benzene rings is 2. The molecule has 0 bridgehead atoms. The Hall–Kier alpha value is -1.41. The summed E-state index contributed by atoms with van der Waals surface area (Å²) in [5, 5.41) is 0. The molecule has 0 atom stereocenters. The van der Waals surface area contributed by atoms with Crippen molar-refractivity contribution in [2.45, 2.75) is 128 Å². The molecule has 178 valence electrons. The van der Waals surface area contributed by atoms with E-state index in [9.17, 15) is 4.21 Å². The molecular formula is C30H46OS. The van der Waals surface area contributed by atoms with E-state index in [2.05, 4.69) is 121 Å². The Morgan fingerprint density at radius 2 is 0.781 bits per heavy atom. The van der Waals surface area contributed by atoms with Crippen LogP contribution in [0.25, 0.3) is 0 Å². The SMILES string of the molecule is Cc1cc(C(C)(C)C)cc(C(C)(C)C)c1S(=O)c1c(C)cc(C(C)(C)C)cc1C(C)(C)C. The lowest BCUT2D eigenvalue weighted by Crippen LogP contribution is -2.23. The van der Waals surface area contributed by atoms with Crippen molar-refractivity contribution in [2.24, 2.45) is 0 Å². The molecule has 0 fully saturated rings. The normalized spacial score (nSPS) is 13.7. The molecule has 0 heterocycles. The summed E-state index contributed by atoms with van der Waals surface area (Å²) in [6, 6.07) is 9.10. The zero-order chi connectivity index (χ0) is 25.0. The first-order valence-electron chi connectivity index (χ1n) is 11.9. The zero-order valence-corrected chi connectivity index (χ0v) is 23.9. The van der Waals surface area contributed by atoms with Crippen molar-refractivity contribution >= 4 is 10.8 Å². The highest BCUT2D eigenvalue weighted by Crippen LogP contribution is 2.41. The summed E-state index contributed by atoms with van der Waals surface area (Å²) in [5.41, 5.74) is 7.14. The van der Waals surface area contributed by atoms with Crippen molar-refractivity contribution in [3.8, 4) is 0 Å². The van der Waals surface area contributed by atoms with E-state index >= 15 is 0 Å². The highest BCUT2D eigenvalue weighted by Gasteiger charge is 2.31. The molecule has 0 aliphatic heterocycles. The summed E-state index contributed by atoms with van der Waals surface area (Å²) in [5.74, 6) is 0. The van der Waals surface area contributed by atoms with Gasteiger partial charge < -0.3 is 0 Å². The van der Waals surface area contributed by atoms with Gasteiger partial charge in [-0.3, -0.25) is 0 Å². The second kappa shape index (κ2) is 8.42. The van der Waals surface area contributed by atoms with Crippen molar-refractivity contribution < 1.29 is 4.21 Å². The summed E-state index contributed by atoms with van der Waals surface area (Å²) in [7, 11) is -1.26. The first kappa shape index (κ1) is 26.8. The molecule has 0 spiro atoms. The standard InChI is InChI=1S/C30H46OS/c1-19-15-21(27(3,4)5)17-23(29(9,10)11)25(19)32(31)26-20(2)16-22(28(6,7)8)18-24(26)30(12,13)14/h15-18H,1-14H3. The third-order valence-corrected chi connectivity index (χ3v) is 8.09. The van der Waals surface area contributed by atoms with Crippen LogP contribution >= 0.6 is 0 Å². The smallest absolute Gasteiger partial charge is 0.0861 e. The molecule has 32 heavy (non-hydrogen) atoms. The molecule has 0 saturated carbocycles. The molecule has 2 heteroatoms. The maximum absolute atomic E-state index is 14.5. The molecule has 2 rings (SSSR count). The summed E-state index contributed by atoms with van der Waals surface area (Å²) in [6.07, 6.45) is 0. The quantitative estimate of drug-likeness (QED) is 0.443. The van der Waals surface area contributed by atoms with Crippen molar-refractivity contribution in [1.82, 2.24) is 0 Å². The molecule has 2 aromatic carbocycles. The zero-order valence-electron chi connectivity index (χ0n) is 23.1. The number of hydrogen-bond acceptors (Lipinski definition) is 1. The van der Waals surface area contributed by atoms with E-state index in [0.29, 0.717) is 0 Å². The van der Waals surface area contributed by atoms with Gasteiger partial charge in [-0.2, -0.15) is 0 Å². The van der Waals surface area contributed by atoms with E-state index in [0.717, 1.165) is 20.9 Å². The average molecular weight is 455 g/mol. The van der Waals surface area contributed by atoms with Gasteiger partial charge in [0.25, 0.3) is 0 Å². The van der Waals surface area contributed by atoms with Crippen molar-refractivity contribution in [2.75, 3.05) is 0 Å². The minimum atomic E-state index is -1.26. The van der Waals surface area contributed by atoms with Crippen LogP contribution in [0.15, 0.2) is 34.1 Å². The topological polar surface area (TPSA) is 17.1 Å². The van der Waals surface area contributed by atoms with Crippen molar-refractivity contribution in [1.29, 1.82) is 0 Å². The van der Waals surface area contributed by atoms with E-state index in [1.54, 1.807) is 0 Å². The number of hydrogen-bond donors (Lipinski definition) is 0. The average Bonchev–Trinajstić information content (AvgIpc) is 2.56. The largest absolute Gasteiger partial charge is 0.249 e. The molecule has 0 amide bonds. The van der Waals surface area contributed by atoms with Gasteiger partial charge in [-0.1, -0.05) is 107 Å². The molecule has 2 aromatic rings. The van der Waals surface area contributed by atoms with Crippen LogP contribution in [-0.4, -0.2) is 4.21 Å². The van der Waals surface area contributed by atoms with Crippen LogP contribution < -0.4 is 0 Å². The predicted octanol–water partition coefficient (Wildman–Crippen LogP) is 8.66. The summed E-state index contributed by atoms with van der Waals surface area (Å²) < 4.78 is 14.5. The molecule has 0 unspecified atom stereocenters. The lowest BCUT2D eigenvalue weighted by atomic mass is 9.79.